The Morgan fingerprint density at radius 3 is 2.61 bits per heavy atom. The number of benzene rings is 1. The molecule has 1 N–H and O–H groups in total. The summed E-state index contributed by atoms with van der Waals surface area (Å²) in [6, 6.07) is 5.09. The minimum atomic E-state index is -3.52. The van der Waals surface area contributed by atoms with Gasteiger partial charge in [0, 0.05) is 38.3 Å². The highest BCUT2D eigenvalue weighted by Gasteiger charge is 2.26. The summed E-state index contributed by atoms with van der Waals surface area (Å²) >= 11 is 0. The van der Waals surface area contributed by atoms with Gasteiger partial charge in [0.25, 0.3) is 0 Å². The highest BCUT2D eigenvalue weighted by molar-refractivity contribution is 7.89. The van der Waals surface area contributed by atoms with Crippen molar-refractivity contribution in [1.29, 1.82) is 0 Å². The molecule has 0 saturated carbocycles. The summed E-state index contributed by atoms with van der Waals surface area (Å²) in [5, 5.41) is 0. The Morgan fingerprint density at radius 1 is 1.21 bits per heavy atom. The molecule has 1 saturated heterocycles. The third-order valence-corrected chi connectivity index (χ3v) is 7.21. The van der Waals surface area contributed by atoms with Crippen molar-refractivity contribution in [3.8, 4) is 0 Å². The molecule has 1 aromatic carbocycles. The Bertz CT molecular complexity index is 799. The zero-order valence-electron chi connectivity index (χ0n) is 17.3. The van der Waals surface area contributed by atoms with Crippen molar-refractivity contribution in [3.05, 3.63) is 23.8 Å². The summed E-state index contributed by atoms with van der Waals surface area (Å²) in [5.74, 6) is 1.51. The maximum atomic E-state index is 12.7. The van der Waals surface area contributed by atoms with Crippen LogP contribution in [0.15, 0.2) is 23.1 Å². The Labute approximate surface area is 169 Å². The SMILES string of the molecule is CCC(=O)N1CCc2cc(S(=O)(=O)NCCCN3CC(C)CC(C)C3)ccc21. The van der Waals surface area contributed by atoms with Gasteiger partial charge in [-0.05, 0) is 61.4 Å². The number of hydrogen-bond donors (Lipinski definition) is 1. The molecule has 0 spiro atoms. The second kappa shape index (κ2) is 8.93. The lowest BCUT2D eigenvalue weighted by Crippen LogP contribution is -2.40. The maximum Gasteiger partial charge on any atom is 0.240 e. The Hall–Kier alpha value is -1.44. The molecular formula is C21H33N3O3S. The molecule has 1 fully saturated rings. The Kier molecular flexibility index (Phi) is 6.78. The fourth-order valence-corrected chi connectivity index (χ4v) is 5.69. The van der Waals surface area contributed by atoms with Crippen LogP contribution in [0.25, 0.3) is 0 Å². The first kappa shape index (κ1) is 21.3. The Balaban J connectivity index is 1.54. The molecule has 28 heavy (non-hydrogen) atoms. The van der Waals surface area contributed by atoms with E-state index < -0.39 is 10.0 Å². The smallest absolute Gasteiger partial charge is 0.240 e. The van der Waals surface area contributed by atoms with Gasteiger partial charge >= 0.3 is 0 Å². The first-order chi connectivity index (χ1) is 13.3. The third kappa shape index (κ3) is 4.93. The van der Waals surface area contributed by atoms with Crippen LogP contribution in [0, 0.1) is 11.8 Å². The summed E-state index contributed by atoms with van der Waals surface area (Å²) < 4.78 is 28.0. The average molecular weight is 408 g/mol. The predicted molar refractivity (Wildman–Crippen MR) is 112 cm³/mol. The molecule has 0 aliphatic carbocycles. The number of hydrogen-bond acceptors (Lipinski definition) is 4. The lowest BCUT2D eigenvalue weighted by Gasteiger charge is -2.34. The number of carbonyl (C=O) groups excluding carboxylic acids is 1. The quantitative estimate of drug-likeness (QED) is 0.706. The van der Waals surface area contributed by atoms with Crippen LogP contribution in [-0.4, -0.2) is 51.9 Å². The number of nitrogens with one attached hydrogen (secondary N) is 1. The maximum absolute atomic E-state index is 12.7. The molecule has 2 atom stereocenters. The van der Waals surface area contributed by atoms with Crippen LogP contribution in [0.3, 0.4) is 0 Å². The van der Waals surface area contributed by atoms with E-state index in [4.69, 9.17) is 0 Å². The van der Waals surface area contributed by atoms with E-state index in [0.29, 0.717) is 37.8 Å². The monoisotopic (exact) mass is 407 g/mol. The van der Waals surface area contributed by atoms with E-state index in [1.165, 1.54) is 6.42 Å². The number of sulfonamides is 1. The second-order valence-electron chi connectivity index (χ2n) is 8.40. The molecule has 0 radical (unpaired) electrons. The first-order valence-corrected chi connectivity index (χ1v) is 11.9. The number of anilines is 1. The van der Waals surface area contributed by atoms with E-state index >= 15 is 0 Å². The van der Waals surface area contributed by atoms with E-state index in [1.54, 1.807) is 23.1 Å². The first-order valence-electron chi connectivity index (χ1n) is 10.5. The number of nitrogens with zero attached hydrogens (tertiary/aromatic N) is 2. The van der Waals surface area contributed by atoms with Crippen LogP contribution < -0.4 is 9.62 Å². The van der Waals surface area contributed by atoms with Crippen molar-refractivity contribution in [1.82, 2.24) is 9.62 Å². The fourth-order valence-electron chi connectivity index (χ4n) is 4.56. The molecule has 1 aromatic rings. The number of amides is 1. The summed E-state index contributed by atoms with van der Waals surface area (Å²) in [7, 11) is -3.52. The summed E-state index contributed by atoms with van der Waals surface area (Å²) in [4.78, 5) is 16.5. The lowest BCUT2D eigenvalue weighted by atomic mass is 9.92. The van der Waals surface area contributed by atoms with E-state index in [-0.39, 0.29) is 10.8 Å². The van der Waals surface area contributed by atoms with Gasteiger partial charge in [0.2, 0.25) is 15.9 Å². The number of rotatable bonds is 7. The molecule has 2 heterocycles. The van der Waals surface area contributed by atoms with E-state index in [0.717, 1.165) is 37.3 Å². The van der Waals surface area contributed by atoms with Gasteiger partial charge in [0.15, 0.2) is 0 Å². The topological polar surface area (TPSA) is 69.7 Å². The molecule has 0 aromatic heterocycles. The van der Waals surface area contributed by atoms with E-state index in [9.17, 15) is 13.2 Å². The molecule has 2 aliphatic rings. The molecule has 2 aliphatic heterocycles. The van der Waals surface area contributed by atoms with Crippen molar-refractivity contribution in [2.75, 3.05) is 37.6 Å². The highest BCUT2D eigenvalue weighted by Crippen LogP contribution is 2.30. The van der Waals surface area contributed by atoms with Crippen LogP contribution in [0.4, 0.5) is 5.69 Å². The van der Waals surface area contributed by atoms with Gasteiger partial charge in [-0.2, -0.15) is 0 Å². The molecule has 1 amide bonds. The fraction of sp³-hybridized carbons (Fsp3) is 0.667. The van der Waals surface area contributed by atoms with Crippen molar-refractivity contribution in [2.45, 2.75) is 51.3 Å². The third-order valence-electron chi connectivity index (χ3n) is 5.75. The van der Waals surface area contributed by atoms with Crippen LogP contribution in [0.5, 0.6) is 0 Å². The zero-order chi connectivity index (χ0) is 20.3. The van der Waals surface area contributed by atoms with Crippen LogP contribution in [-0.2, 0) is 21.2 Å². The zero-order valence-corrected chi connectivity index (χ0v) is 18.1. The molecule has 156 valence electrons. The van der Waals surface area contributed by atoms with E-state index in [1.807, 2.05) is 6.92 Å². The van der Waals surface area contributed by atoms with Gasteiger partial charge < -0.3 is 9.80 Å². The van der Waals surface area contributed by atoms with Crippen molar-refractivity contribution < 1.29 is 13.2 Å². The molecular weight excluding hydrogens is 374 g/mol. The number of fused-ring (bicyclic) bond motifs is 1. The van der Waals surface area contributed by atoms with Crippen molar-refractivity contribution in [2.24, 2.45) is 11.8 Å². The summed E-state index contributed by atoms with van der Waals surface area (Å²) in [6.45, 7) is 10.6. The van der Waals surface area contributed by atoms with Gasteiger partial charge in [0.1, 0.15) is 0 Å². The lowest BCUT2D eigenvalue weighted by molar-refractivity contribution is -0.118. The van der Waals surface area contributed by atoms with Gasteiger partial charge in [-0.1, -0.05) is 20.8 Å². The highest BCUT2D eigenvalue weighted by atomic mass is 32.2. The number of piperidine rings is 1. The summed E-state index contributed by atoms with van der Waals surface area (Å²) in [5.41, 5.74) is 1.78. The minimum Gasteiger partial charge on any atom is -0.312 e. The molecule has 6 nitrogen and oxygen atoms in total. The van der Waals surface area contributed by atoms with Crippen molar-refractivity contribution in [3.63, 3.8) is 0 Å². The Morgan fingerprint density at radius 2 is 1.93 bits per heavy atom. The van der Waals surface area contributed by atoms with Gasteiger partial charge in [0.05, 0.1) is 4.90 Å². The van der Waals surface area contributed by atoms with Crippen LogP contribution in [0.1, 0.15) is 45.6 Å². The van der Waals surface area contributed by atoms with Crippen molar-refractivity contribution >= 4 is 21.6 Å². The molecule has 2 unspecified atom stereocenters. The molecule has 3 rings (SSSR count). The summed E-state index contributed by atoms with van der Waals surface area (Å²) in [6.07, 6.45) is 3.25. The van der Waals surface area contributed by atoms with E-state index in [2.05, 4.69) is 23.5 Å². The van der Waals surface area contributed by atoms with Gasteiger partial charge in [-0.15, -0.1) is 0 Å². The normalized spacial score (nSPS) is 23.0. The minimum absolute atomic E-state index is 0.0776. The standard InChI is InChI=1S/C21H33N3O3S/c1-4-21(25)24-11-8-18-13-19(6-7-20(18)24)28(26,27)22-9-5-10-23-14-16(2)12-17(3)15-23/h6-7,13,16-17,22H,4-5,8-12,14-15H2,1-3H3. The average Bonchev–Trinajstić information content (AvgIpc) is 3.07. The molecule has 7 heteroatoms. The second-order valence-corrected chi connectivity index (χ2v) is 10.2. The predicted octanol–water partition coefficient (Wildman–Crippen LogP) is 2.63. The number of carbonyl (C=O) groups is 1. The largest absolute Gasteiger partial charge is 0.312 e. The van der Waals surface area contributed by atoms with Crippen LogP contribution >= 0.6 is 0 Å². The van der Waals surface area contributed by atoms with Gasteiger partial charge in [-0.25, -0.2) is 13.1 Å². The van der Waals surface area contributed by atoms with Crippen LogP contribution in [0.2, 0.25) is 0 Å². The number of likely N-dealkylation sites (tertiary alicyclic amines) is 1. The molecule has 0 bridgehead atoms. The van der Waals surface area contributed by atoms with Gasteiger partial charge in [-0.3, -0.25) is 4.79 Å².